The molecule has 6 heteroatoms. The van der Waals surface area contributed by atoms with E-state index in [-0.39, 0.29) is 17.4 Å². The number of carbonyl (C=O) groups excluding carboxylic acids is 1. The van der Waals surface area contributed by atoms with Crippen molar-refractivity contribution < 1.29 is 9.32 Å². The van der Waals surface area contributed by atoms with Crippen molar-refractivity contribution in [3.63, 3.8) is 0 Å². The number of hydrogen-bond donors (Lipinski definition) is 2. The lowest BCUT2D eigenvalue weighted by Gasteiger charge is -2.07. The second kappa shape index (κ2) is 5.55. The van der Waals surface area contributed by atoms with E-state index >= 15 is 0 Å². The average molecular weight is 325 g/mol. The van der Waals surface area contributed by atoms with E-state index in [2.05, 4.69) is 16.5 Å². The fraction of sp³-hybridized carbons (Fsp3) is 0.176. The Morgan fingerprint density at radius 2 is 2.13 bits per heavy atom. The summed E-state index contributed by atoms with van der Waals surface area (Å²) in [5.74, 6) is -0.267. The van der Waals surface area contributed by atoms with E-state index in [1.807, 2.05) is 29.6 Å². The Hall–Kier alpha value is -2.60. The van der Waals surface area contributed by atoms with Gasteiger partial charge in [-0.2, -0.15) is 0 Å². The third-order valence-electron chi connectivity index (χ3n) is 4.06. The molecule has 1 aliphatic carbocycles. The van der Waals surface area contributed by atoms with Gasteiger partial charge in [-0.25, -0.2) is 0 Å². The Morgan fingerprint density at radius 3 is 2.96 bits per heavy atom. The van der Waals surface area contributed by atoms with Gasteiger partial charge in [0.05, 0.1) is 4.88 Å². The number of nitrogens with two attached hydrogens (primary N) is 1. The Labute approximate surface area is 137 Å². The van der Waals surface area contributed by atoms with Crippen LogP contribution in [-0.4, -0.2) is 11.1 Å². The first kappa shape index (κ1) is 14.0. The van der Waals surface area contributed by atoms with Crippen LogP contribution in [0.2, 0.25) is 0 Å². The van der Waals surface area contributed by atoms with Crippen LogP contribution in [0.25, 0.3) is 10.6 Å². The molecule has 0 unspecified atom stereocenters. The summed E-state index contributed by atoms with van der Waals surface area (Å²) in [6.07, 6.45) is 3.35. The lowest BCUT2D eigenvalue weighted by molar-refractivity contribution is 0.102. The maximum absolute atomic E-state index is 12.6. The molecule has 0 saturated heterocycles. The van der Waals surface area contributed by atoms with Gasteiger partial charge in [0.2, 0.25) is 5.88 Å². The molecule has 116 valence electrons. The fourth-order valence-corrected chi connectivity index (χ4v) is 3.66. The highest BCUT2D eigenvalue weighted by Crippen LogP contribution is 2.31. The van der Waals surface area contributed by atoms with E-state index in [9.17, 15) is 4.79 Å². The summed E-state index contributed by atoms with van der Waals surface area (Å²) in [6.45, 7) is 0. The van der Waals surface area contributed by atoms with Crippen molar-refractivity contribution in [1.82, 2.24) is 5.16 Å². The zero-order valence-electron chi connectivity index (χ0n) is 12.3. The van der Waals surface area contributed by atoms with Gasteiger partial charge in [-0.1, -0.05) is 17.3 Å². The number of rotatable bonds is 3. The number of fused-ring (bicyclic) bond motifs is 1. The quantitative estimate of drug-likeness (QED) is 0.769. The van der Waals surface area contributed by atoms with E-state index in [1.54, 1.807) is 0 Å². The predicted molar refractivity (Wildman–Crippen MR) is 90.6 cm³/mol. The van der Waals surface area contributed by atoms with Gasteiger partial charge in [0.25, 0.3) is 5.91 Å². The number of amides is 1. The van der Waals surface area contributed by atoms with Crippen molar-refractivity contribution in [3.8, 4) is 10.6 Å². The minimum absolute atomic E-state index is 0.0343. The minimum atomic E-state index is -0.301. The topological polar surface area (TPSA) is 81.2 Å². The molecule has 0 fully saturated rings. The molecule has 3 aromatic rings. The van der Waals surface area contributed by atoms with E-state index in [0.29, 0.717) is 5.69 Å². The summed E-state index contributed by atoms with van der Waals surface area (Å²) in [7, 11) is 0. The number of nitrogen functional groups attached to an aromatic ring is 1. The SMILES string of the molecule is Nc1onc(-c2cccs2)c1C(=O)Nc1ccc2c(c1)CCC2. The maximum atomic E-state index is 12.6. The largest absolute Gasteiger partial charge is 0.367 e. The van der Waals surface area contributed by atoms with Crippen LogP contribution in [0, 0.1) is 0 Å². The molecular formula is C17H15N3O2S. The Kier molecular flexibility index (Phi) is 3.38. The number of hydrogen-bond acceptors (Lipinski definition) is 5. The Morgan fingerprint density at radius 1 is 1.26 bits per heavy atom. The standard InChI is InChI=1S/C17H15N3O2S/c18-16-14(15(20-22-16)13-5-2-8-23-13)17(21)19-12-7-6-10-3-1-4-11(10)9-12/h2,5-9H,1,3-4,18H2,(H,19,21). The fourth-order valence-electron chi connectivity index (χ4n) is 2.95. The predicted octanol–water partition coefficient (Wildman–Crippen LogP) is 3.73. The molecule has 5 nitrogen and oxygen atoms in total. The maximum Gasteiger partial charge on any atom is 0.263 e. The smallest absolute Gasteiger partial charge is 0.263 e. The van der Waals surface area contributed by atoms with Crippen LogP contribution < -0.4 is 11.1 Å². The molecule has 1 aliphatic rings. The molecule has 0 atom stereocenters. The van der Waals surface area contributed by atoms with Gasteiger partial charge in [0, 0.05) is 5.69 Å². The molecule has 0 spiro atoms. The normalized spacial score (nSPS) is 13.0. The van der Waals surface area contributed by atoms with Crippen molar-refractivity contribution in [1.29, 1.82) is 0 Å². The molecule has 4 rings (SSSR count). The Bertz CT molecular complexity index is 868. The zero-order valence-corrected chi connectivity index (χ0v) is 13.2. The molecular weight excluding hydrogens is 310 g/mol. The minimum Gasteiger partial charge on any atom is -0.367 e. The average Bonchev–Trinajstić information content (AvgIpc) is 3.26. The van der Waals surface area contributed by atoms with Crippen LogP contribution in [0.3, 0.4) is 0 Å². The molecule has 23 heavy (non-hydrogen) atoms. The summed E-state index contributed by atoms with van der Waals surface area (Å²) in [4.78, 5) is 13.5. The van der Waals surface area contributed by atoms with Crippen LogP contribution in [0.15, 0.2) is 40.2 Å². The van der Waals surface area contributed by atoms with Gasteiger partial charge < -0.3 is 15.6 Å². The van der Waals surface area contributed by atoms with Gasteiger partial charge in [-0.15, -0.1) is 11.3 Å². The van der Waals surface area contributed by atoms with Crippen LogP contribution in [0.1, 0.15) is 27.9 Å². The van der Waals surface area contributed by atoms with Gasteiger partial charge in [-0.05, 0) is 54.0 Å². The highest BCUT2D eigenvalue weighted by Gasteiger charge is 2.23. The lowest BCUT2D eigenvalue weighted by Crippen LogP contribution is -2.14. The molecule has 3 N–H and O–H groups in total. The second-order valence-corrected chi connectivity index (χ2v) is 6.49. The van der Waals surface area contributed by atoms with Gasteiger partial charge in [0.15, 0.2) is 0 Å². The number of aromatic nitrogens is 1. The monoisotopic (exact) mass is 325 g/mol. The number of nitrogens with zero attached hydrogens (tertiary/aromatic N) is 1. The first-order valence-corrected chi connectivity index (χ1v) is 8.32. The molecule has 2 aromatic heterocycles. The van der Waals surface area contributed by atoms with Crippen LogP contribution in [0.4, 0.5) is 11.6 Å². The highest BCUT2D eigenvalue weighted by atomic mass is 32.1. The van der Waals surface area contributed by atoms with Crippen LogP contribution in [0.5, 0.6) is 0 Å². The third-order valence-corrected chi connectivity index (χ3v) is 4.93. The molecule has 1 amide bonds. The number of anilines is 2. The first-order chi connectivity index (χ1) is 11.2. The van der Waals surface area contributed by atoms with Crippen LogP contribution in [-0.2, 0) is 12.8 Å². The summed E-state index contributed by atoms with van der Waals surface area (Å²) < 4.78 is 5.03. The van der Waals surface area contributed by atoms with Crippen LogP contribution >= 0.6 is 11.3 Å². The number of aryl methyl sites for hydroxylation is 2. The number of benzene rings is 1. The summed E-state index contributed by atoms with van der Waals surface area (Å²) >= 11 is 1.49. The highest BCUT2D eigenvalue weighted by molar-refractivity contribution is 7.13. The molecule has 0 aliphatic heterocycles. The van der Waals surface area contributed by atoms with Gasteiger partial charge >= 0.3 is 0 Å². The Balaban J connectivity index is 1.64. The van der Waals surface area contributed by atoms with E-state index in [4.69, 9.17) is 10.3 Å². The first-order valence-electron chi connectivity index (χ1n) is 7.44. The van der Waals surface area contributed by atoms with Crippen molar-refractivity contribution >= 4 is 28.8 Å². The van der Waals surface area contributed by atoms with Crippen molar-refractivity contribution in [2.45, 2.75) is 19.3 Å². The molecule has 0 saturated carbocycles. The molecule has 1 aromatic carbocycles. The number of nitrogens with one attached hydrogen (secondary N) is 1. The van der Waals surface area contributed by atoms with E-state index < -0.39 is 0 Å². The molecule has 0 bridgehead atoms. The van der Waals surface area contributed by atoms with E-state index in [1.165, 1.54) is 28.9 Å². The van der Waals surface area contributed by atoms with Gasteiger partial charge in [-0.3, -0.25) is 4.79 Å². The molecule has 0 radical (unpaired) electrons. The molecule has 2 heterocycles. The second-order valence-electron chi connectivity index (χ2n) is 5.54. The van der Waals surface area contributed by atoms with Gasteiger partial charge in [0.1, 0.15) is 11.3 Å². The zero-order chi connectivity index (χ0) is 15.8. The summed E-state index contributed by atoms with van der Waals surface area (Å²) in [5.41, 5.74) is 10.0. The third kappa shape index (κ3) is 2.51. The summed E-state index contributed by atoms with van der Waals surface area (Å²) in [5, 5.41) is 8.75. The summed E-state index contributed by atoms with van der Waals surface area (Å²) in [6, 6.07) is 9.82. The number of thiophene rings is 1. The van der Waals surface area contributed by atoms with E-state index in [0.717, 1.165) is 23.4 Å². The van der Waals surface area contributed by atoms with Crippen molar-refractivity contribution in [3.05, 3.63) is 52.4 Å². The number of carbonyl (C=O) groups is 1. The van der Waals surface area contributed by atoms with Crippen molar-refractivity contribution in [2.75, 3.05) is 11.1 Å². The lowest BCUT2D eigenvalue weighted by atomic mass is 10.1. The van der Waals surface area contributed by atoms with Crippen molar-refractivity contribution in [2.24, 2.45) is 0 Å².